The Kier molecular flexibility index (Phi) is 3.77. The Morgan fingerprint density at radius 1 is 1.22 bits per heavy atom. The molecule has 0 bridgehead atoms. The zero-order chi connectivity index (χ0) is 16.0. The molecule has 0 N–H and O–H groups in total. The third-order valence-electron chi connectivity index (χ3n) is 4.04. The molecule has 23 heavy (non-hydrogen) atoms. The normalized spacial score (nSPS) is 13.9. The van der Waals surface area contributed by atoms with E-state index in [2.05, 4.69) is 30.5 Å². The third-order valence-corrected chi connectivity index (χ3v) is 6.26. The van der Waals surface area contributed by atoms with Gasteiger partial charge in [0.05, 0.1) is 0 Å². The van der Waals surface area contributed by atoms with Gasteiger partial charge in [0, 0.05) is 21.4 Å². The predicted molar refractivity (Wildman–Crippen MR) is 98.2 cm³/mol. The van der Waals surface area contributed by atoms with Crippen molar-refractivity contribution in [1.29, 1.82) is 0 Å². The molecular weight excluding hydrogens is 324 g/mol. The Labute approximate surface area is 143 Å². The van der Waals surface area contributed by atoms with Crippen molar-refractivity contribution in [2.45, 2.75) is 43.5 Å². The zero-order valence-electron chi connectivity index (χ0n) is 13.2. The van der Waals surface area contributed by atoms with Gasteiger partial charge in [0.2, 0.25) is 5.43 Å². The fraction of sp³-hybridized carbons (Fsp3) is 0.333. The average molecular weight is 342 g/mol. The summed E-state index contributed by atoms with van der Waals surface area (Å²) in [6, 6.07) is 10.2. The highest BCUT2D eigenvalue weighted by Crippen LogP contribution is 2.34. The second-order valence-corrected chi connectivity index (χ2v) is 8.70. The molecule has 1 aliphatic rings. The fourth-order valence-corrected chi connectivity index (χ4v) is 5.29. The molecule has 0 unspecified atom stereocenters. The number of para-hydroxylation sites is 1. The molecule has 1 aliphatic carbocycles. The number of fused-ring (bicyclic) bond motifs is 2. The van der Waals surface area contributed by atoms with Crippen LogP contribution in [-0.4, -0.2) is 14.8 Å². The molecule has 2 aromatic heterocycles. The highest BCUT2D eigenvalue weighted by atomic mass is 32.2. The topological polar surface area (TPSA) is 34.9 Å². The van der Waals surface area contributed by atoms with Crippen LogP contribution in [0.3, 0.4) is 0 Å². The molecule has 0 fully saturated rings. The van der Waals surface area contributed by atoms with Gasteiger partial charge in [-0.1, -0.05) is 43.8 Å². The van der Waals surface area contributed by atoms with E-state index < -0.39 is 0 Å². The van der Waals surface area contributed by atoms with Crippen LogP contribution in [0.4, 0.5) is 0 Å². The SMILES string of the molecule is CC(C)Sc1nc2c(=O)c3c(sc2n1-c1ccccc1)CCC3. The van der Waals surface area contributed by atoms with Gasteiger partial charge in [-0.05, 0) is 31.4 Å². The van der Waals surface area contributed by atoms with Crippen molar-refractivity contribution in [2.75, 3.05) is 0 Å². The molecule has 5 heteroatoms. The lowest BCUT2D eigenvalue weighted by molar-refractivity contribution is 0.908. The van der Waals surface area contributed by atoms with E-state index in [0.717, 1.165) is 40.5 Å². The molecule has 1 aromatic carbocycles. The van der Waals surface area contributed by atoms with E-state index >= 15 is 0 Å². The number of thioether (sulfide) groups is 1. The van der Waals surface area contributed by atoms with Crippen LogP contribution >= 0.6 is 23.1 Å². The molecular formula is C18H18N2OS2. The van der Waals surface area contributed by atoms with E-state index in [0.29, 0.717) is 10.8 Å². The zero-order valence-corrected chi connectivity index (χ0v) is 14.8. The summed E-state index contributed by atoms with van der Waals surface area (Å²) in [5.74, 6) is 0. The lowest BCUT2D eigenvalue weighted by Gasteiger charge is -2.10. The molecule has 0 atom stereocenters. The first-order chi connectivity index (χ1) is 11.1. The second kappa shape index (κ2) is 5.80. The molecule has 0 saturated heterocycles. The highest BCUT2D eigenvalue weighted by Gasteiger charge is 2.23. The van der Waals surface area contributed by atoms with Crippen LogP contribution in [0.1, 0.15) is 30.7 Å². The van der Waals surface area contributed by atoms with Crippen LogP contribution in [0.2, 0.25) is 0 Å². The molecule has 118 valence electrons. The molecule has 3 nitrogen and oxygen atoms in total. The number of hydrogen-bond acceptors (Lipinski definition) is 4. The van der Waals surface area contributed by atoms with Gasteiger partial charge in [0.1, 0.15) is 10.3 Å². The summed E-state index contributed by atoms with van der Waals surface area (Å²) in [5.41, 5.74) is 2.86. The van der Waals surface area contributed by atoms with E-state index in [9.17, 15) is 4.79 Å². The van der Waals surface area contributed by atoms with Crippen LogP contribution in [0, 0.1) is 0 Å². The second-order valence-electron chi connectivity index (χ2n) is 6.07. The summed E-state index contributed by atoms with van der Waals surface area (Å²) in [4.78, 5) is 19.8. The molecule has 0 saturated carbocycles. The largest absolute Gasteiger partial charge is 0.287 e. The molecule has 0 spiro atoms. The summed E-state index contributed by atoms with van der Waals surface area (Å²) in [6.45, 7) is 4.31. The standard InChI is InChI=1S/C18H18N2OS2/c1-11(2)22-18-19-15-16(21)13-9-6-10-14(13)23-17(15)20(18)12-7-4-3-5-8-12/h3-5,7-8,11H,6,9-10H2,1-2H3. The van der Waals surface area contributed by atoms with E-state index in [4.69, 9.17) is 4.98 Å². The number of aromatic nitrogens is 2. The van der Waals surface area contributed by atoms with Crippen molar-refractivity contribution in [3.63, 3.8) is 0 Å². The van der Waals surface area contributed by atoms with Gasteiger partial charge in [0.15, 0.2) is 5.16 Å². The van der Waals surface area contributed by atoms with Crippen LogP contribution in [-0.2, 0) is 12.8 Å². The van der Waals surface area contributed by atoms with Crippen molar-refractivity contribution >= 4 is 33.4 Å². The first-order valence-corrected chi connectivity index (χ1v) is 9.64. The van der Waals surface area contributed by atoms with E-state index in [1.54, 1.807) is 23.1 Å². The average Bonchev–Trinajstić information content (AvgIpc) is 3.13. The van der Waals surface area contributed by atoms with E-state index in [-0.39, 0.29) is 5.43 Å². The van der Waals surface area contributed by atoms with Gasteiger partial charge >= 0.3 is 0 Å². The lowest BCUT2D eigenvalue weighted by atomic mass is 10.2. The number of imidazole rings is 1. The van der Waals surface area contributed by atoms with Gasteiger partial charge in [0.25, 0.3) is 0 Å². The van der Waals surface area contributed by atoms with Crippen molar-refractivity contribution in [1.82, 2.24) is 9.55 Å². The summed E-state index contributed by atoms with van der Waals surface area (Å²) in [6.07, 6.45) is 3.02. The van der Waals surface area contributed by atoms with Crippen LogP contribution in [0.5, 0.6) is 0 Å². The first-order valence-electron chi connectivity index (χ1n) is 7.94. The minimum Gasteiger partial charge on any atom is -0.287 e. The van der Waals surface area contributed by atoms with Crippen LogP contribution in [0.15, 0.2) is 40.3 Å². The summed E-state index contributed by atoms with van der Waals surface area (Å²) in [5, 5.41) is 1.33. The van der Waals surface area contributed by atoms with Gasteiger partial charge < -0.3 is 0 Å². The van der Waals surface area contributed by atoms with Crippen molar-refractivity contribution in [3.8, 4) is 5.69 Å². The Bertz CT molecular complexity index is 926. The predicted octanol–water partition coefficient (Wildman–Crippen LogP) is 4.44. The Morgan fingerprint density at radius 2 is 2.00 bits per heavy atom. The van der Waals surface area contributed by atoms with Crippen molar-refractivity contribution in [3.05, 3.63) is 51.0 Å². The van der Waals surface area contributed by atoms with Gasteiger partial charge in [-0.25, -0.2) is 4.98 Å². The third kappa shape index (κ3) is 2.52. The van der Waals surface area contributed by atoms with E-state index in [1.807, 2.05) is 18.2 Å². The molecule has 0 aliphatic heterocycles. The fourth-order valence-electron chi connectivity index (χ4n) is 3.05. The number of hydrogen-bond donors (Lipinski definition) is 0. The summed E-state index contributed by atoms with van der Waals surface area (Å²) >= 11 is 3.46. The first kappa shape index (κ1) is 15.0. The monoisotopic (exact) mass is 342 g/mol. The Hall–Kier alpha value is -1.59. The molecule has 4 rings (SSSR count). The minimum absolute atomic E-state index is 0.145. The molecule has 0 radical (unpaired) electrons. The maximum atomic E-state index is 12.8. The maximum Gasteiger partial charge on any atom is 0.211 e. The lowest BCUT2D eigenvalue weighted by Crippen LogP contribution is -2.07. The molecule has 0 amide bonds. The Balaban J connectivity index is 2.05. The maximum absolute atomic E-state index is 12.8. The van der Waals surface area contributed by atoms with E-state index in [1.165, 1.54) is 4.88 Å². The van der Waals surface area contributed by atoms with Crippen LogP contribution < -0.4 is 5.43 Å². The van der Waals surface area contributed by atoms with Gasteiger partial charge in [-0.15, -0.1) is 11.3 Å². The molecule has 3 aromatic rings. The van der Waals surface area contributed by atoms with Crippen molar-refractivity contribution < 1.29 is 0 Å². The van der Waals surface area contributed by atoms with Gasteiger partial charge in [-0.3, -0.25) is 9.36 Å². The summed E-state index contributed by atoms with van der Waals surface area (Å²) < 4.78 is 2.16. The minimum atomic E-state index is 0.145. The number of rotatable bonds is 3. The number of nitrogens with zero attached hydrogens (tertiary/aromatic N) is 2. The van der Waals surface area contributed by atoms with Gasteiger partial charge in [-0.2, -0.15) is 0 Å². The van der Waals surface area contributed by atoms with Crippen LogP contribution in [0.25, 0.3) is 16.0 Å². The quantitative estimate of drug-likeness (QED) is 0.660. The van der Waals surface area contributed by atoms with Crippen molar-refractivity contribution in [2.24, 2.45) is 0 Å². The Morgan fingerprint density at radius 3 is 2.74 bits per heavy atom. The number of benzene rings is 1. The number of aryl methyl sites for hydroxylation is 1. The molecule has 2 heterocycles. The summed E-state index contributed by atoms with van der Waals surface area (Å²) in [7, 11) is 0. The smallest absolute Gasteiger partial charge is 0.211 e. The highest BCUT2D eigenvalue weighted by molar-refractivity contribution is 7.99.